The molecule has 1 saturated carbocycles. The van der Waals surface area contributed by atoms with Gasteiger partial charge in [0, 0.05) is 0 Å². The van der Waals surface area contributed by atoms with E-state index in [2.05, 4.69) is 20.8 Å². The van der Waals surface area contributed by atoms with Gasteiger partial charge in [-0.15, -0.1) is 0 Å². The Labute approximate surface area is 93.1 Å². The van der Waals surface area contributed by atoms with Gasteiger partial charge >= 0.3 is 5.97 Å². The van der Waals surface area contributed by atoms with Gasteiger partial charge in [0.2, 0.25) is 0 Å². The van der Waals surface area contributed by atoms with Gasteiger partial charge in [0.1, 0.15) is 0 Å². The summed E-state index contributed by atoms with van der Waals surface area (Å²) in [5.74, 6) is 0.309. The van der Waals surface area contributed by atoms with E-state index in [0.717, 1.165) is 12.8 Å². The molecule has 0 saturated heterocycles. The predicted molar refractivity (Wildman–Crippen MR) is 61.7 cm³/mol. The molecule has 88 valence electrons. The number of carboxylic acids is 1. The van der Waals surface area contributed by atoms with Crippen molar-refractivity contribution in [3.05, 3.63) is 0 Å². The summed E-state index contributed by atoms with van der Waals surface area (Å²) in [4.78, 5) is 11.2. The lowest BCUT2D eigenvalue weighted by atomic mass is 9.61. The maximum Gasteiger partial charge on any atom is 0.309 e. The van der Waals surface area contributed by atoms with Gasteiger partial charge < -0.3 is 5.11 Å². The highest BCUT2D eigenvalue weighted by atomic mass is 16.4. The van der Waals surface area contributed by atoms with Crippen LogP contribution in [0.25, 0.3) is 0 Å². The molecule has 1 N–H and O–H groups in total. The first kappa shape index (κ1) is 12.5. The first-order valence-electron chi connectivity index (χ1n) is 5.88. The Bertz CT molecular complexity index is 253. The number of hydrogen-bond donors (Lipinski definition) is 1. The maximum atomic E-state index is 11.2. The summed E-state index contributed by atoms with van der Waals surface area (Å²) >= 11 is 0. The van der Waals surface area contributed by atoms with Gasteiger partial charge in [0.15, 0.2) is 0 Å². The van der Waals surface area contributed by atoms with Crippen molar-refractivity contribution in [1.29, 1.82) is 0 Å². The lowest BCUT2D eigenvalue weighted by Crippen LogP contribution is -2.40. The average molecular weight is 212 g/mol. The van der Waals surface area contributed by atoms with Gasteiger partial charge in [0.05, 0.1) is 5.41 Å². The molecular weight excluding hydrogens is 188 g/mol. The molecule has 0 spiro atoms. The van der Waals surface area contributed by atoms with Crippen molar-refractivity contribution in [3.8, 4) is 0 Å². The van der Waals surface area contributed by atoms with Crippen LogP contribution in [0.1, 0.15) is 53.9 Å². The Hall–Kier alpha value is -0.530. The second-order valence-corrected chi connectivity index (χ2v) is 6.64. The fourth-order valence-corrected chi connectivity index (χ4v) is 3.07. The Morgan fingerprint density at radius 2 is 1.87 bits per heavy atom. The fourth-order valence-electron chi connectivity index (χ4n) is 3.07. The molecule has 1 fully saturated rings. The van der Waals surface area contributed by atoms with Gasteiger partial charge in [0.25, 0.3) is 0 Å². The number of carboxylic acid groups (broad SMARTS) is 1. The van der Waals surface area contributed by atoms with Crippen LogP contribution in [0, 0.1) is 22.7 Å². The van der Waals surface area contributed by atoms with Gasteiger partial charge in [-0.05, 0) is 50.4 Å². The maximum absolute atomic E-state index is 11.2. The molecule has 0 aliphatic heterocycles. The van der Waals surface area contributed by atoms with E-state index in [1.165, 1.54) is 6.42 Å². The lowest BCUT2D eigenvalue weighted by molar-refractivity contribution is -0.152. The molecule has 1 aliphatic rings. The van der Waals surface area contributed by atoms with Crippen LogP contribution in [0.3, 0.4) is 0 Å². The summed E-state index contributed by atoms with van der Waals surface area (Å²) < 4.78 is 0. The number of carbonyl (C=O) groups is 1. The van der Waals surface area contributed by atoms with Crippen molar-refractivity contribution in [2.75, 3.05) is 0 Å². The Balaban J connectivity index is 2.83. The van der Waals surface area contributed by atoms with Crippen molar-refractivity contribution in [2.45, 2.75) is 53.9 Å². The molecule has 0 heterocycles. The van der Waals surface area contributed by atoms with Crippen LogP contribution in [0.4, 0.5) is 0 Å². The molecule has 1 aliphatic carbocycles. The second kappa shape index (κ2) is 3.80. The van der Waals surface area contributed by atoms with Crippen LogP contribution < -0.4 is 0 Å². The average Bonchev–Trinajstić information content (AvgIpc) is 1.99. The minimum Gasteiger partial charge on any atom is -0.481 e. The quantitative estimate of drug-likeness (QED) is 0.760. The zero-order chi connectivity index (χ0) is 11.9. The standard InChI is InChI=1S/C13H24O2/c1-9-6-10(8-12(2,3)7-9)13(4,5)11(14)15/h9-10H,6-8H2,1-5H3,(H,14,15)/t9-,10+/m1/s1. The van der Waals surface area contributed by atoms with Crippen molar-refractivity contribution in [1.82, 2.24) is 0 Å². The third-order valence-corrected chi connectivity index (χ3v) is 3.96. The zero-order valence-electron chi connectivity index (χ0n) is 10.6. The minimum atomic E-state index is -0.655. The summed E-state index contributed by atoms with van der Waals surface area (Å²) in [6, 6.07) is 0. The van der Waals surface area contributed by atoms with Crippen LogP contribution in [0.2, 0.25) is 0 Å². The molecule has 0 bridgehead atoms. The van der Waals surface area contributed by atoms with E-state index in [1.807, 2.05) is 13.8 Å². The Morgan fingerprint density at radius 1 is 1.33 bits per heavy atom. The molecule has 0 radical (unpaired) electrons. The van der Waals surface area contributed by atoms with Crippen LogP contribution in [-0.2, 0) is 4.79 Å². The highest BCUT2D eigenvalue weighted by Gasteiger charge is 2.43. The number of rotatable bonds is 2. The molecule has 0 aromatic carbocycles. The summed E-state index contributed by atoms with van der Waals surface area (Å²) in [5.41, 5.74) is -0.277. The van der Waals surface area contributed by atoms with Crippen molar-refractivity contribution in [3.63, 3.8) is 0 Å². The van der Waals surface area contributed by atoms with E-state index < -0.39 is 11.4 Å². The summed E-state index contributed by atoms with van der Waals surface area (Å²) in [6.45, 7) is 10.5. The minimum absolute atomic E-state index is 0.301. The van der Waals surface area contributed by atoms with Crippen molar-refractivity contribution in [2.24, 2.45) is 22.7 Å². The molecule has 15 heavy (non-hydrogen) atoms. The van der Waals surface area contributed by atoms with E-state index in [-0.39, 0.29) is 0 Å². The van der Waals surface area contributed by atoms with Gasteiger partial charge in [-0.2, -0.15) is 0 Å². The lowest BCUT2D eigenvalue weighted by Gasteiger charge is -2.44. The Kier molecular flexibility index (Phi) is 3.18. The van der Waals surface area contributed by atoms with Crippen LogP contribution in [-0.4, -0.2) is 11.1 Å². The van der Waals surface area contributed by atoms with Crippen LogP contribution in [0.5, 0.6) is 0 Å². The molecule has 1 rings (SSSR count). The topological polar surface area (TPSA) is 37.3 Å². The molecule has 0 unspecified atom stereocenters. The monoisotopic (exact) mass is 212 g/mol. The first-order valence-corrected chi connectivity index (χ1v) is 5.88. The largest absolute Gasteiger partial charge is 0.481 e. The number of hydrogen-bond acceptors (Lipinski definition) is 1. The summed E-state index contributed by atoms with van der Waals surface area (Å²) in [5, 5.41) is 9.25. The zero-order valence-corrected chi connectivity index (χ0v) is 10.6. The molecule has 0 amide bonds. The first-order chi connectivity index (χ1) is 6.65. The van der Waals surface area contributed by atoms with E-state index >= 15 is 0 Å². The van der Waals surface area contributed by atoms with E-state index in [1.54, 1.807) is 0 Å². The normalized spacial score (nSPS) is 31.3. The van der Waals surface area contributed by atoms with Crippen LogP contribution >= 0.6 is 0 Å². The van der Waals surface area contributed by atoms with E-state index in [9.17, 15) is 9.90 Å². The highest BCUT2D eigenvalue weighted by molar-refractivity contribution is 5.74. The fraction of sp³-hybridized carbons (Fsp3) is 0.923. The van der Waals surface area contributed by atoms with Gasteiger partial charge in [-0.1, -0.05) is 20.8 Å². The van der Waals surface area contributed by atoms with E-state index in [0.29, 0.717) is 17.3 Å². The van der Waals surface area contributed by atoms with Gasteiger partial charge in [-0.3, -0.25) is 4.79 Å². The Morgan fingerprint density at radius 3 is 2.27 bits per heavy atom. The summed E-state index contributed by atoms with van der Waals surface area (Å²) in [7, 11) is 0. The predicted octanol–water partition coefficient (Wildman–Crippen LogP) is 3.56. The number of aliphatic carboxylic acids is 1. The van der Waals surface area contributed by atoms with Crippen molar-refractivity contribution >= 4 is 5.97 Å². The van der Waals surface area contributed by atoms with Gasteiger partial charge in [-0.25, -0.2) is 0 Å². The summed E-state index contributed by atoms with van der Waals surface area (Å²) in [6.07, 6.45) is 3.32. The molecule has 2 nitrogen and oxygen atoms in total. The molecule has 0 aromatic heterocycles. The van der Waals surface area contributed by atoms with Crippen molar-refractivity contribution < 1.29 is 9.90 Å². The second-order valence-electron chi connectivity index (χ2n) is 6.64. The molecule has 2 heteroatoms. The highest BCUT2D eigenvalue weighted by Crippen LogP contribution is 2.48. The SMILES string of the molecule is C[C@@H]1C[C@H](C(C)(C)C(=O)O)CC(C)(C)C1. The molecular formula is C13H24O2. The molecule has 2 atom stereocenters. The third kappa shape index (κ3) is 2.73. The third-order valence-electron chi connectivity index (χ3n) is 3.96. The van der Waals surface area contributed by atoms with Crippen LogP contribution in [0.15, 0.2) is 0 Å². The smallest absolute Gasteiger partial charge is 0.309 e. The van der Waals surface area contributed by atoms with E-state index in [4.69, 9.17) is 0 Å². The molecule has 0 aromatic rings.